The van der Waals surface area contributed by atoms with Crippen LogP contribution in [0.3, 0.4) is 0 Å². The molecule has 0 radical (unpaired) electrons. The Kier molecular flexibility index (Phi) is 6.18. The third-order valence-corrected chi connectivity index (χ3v) is 4.35. The van der Waals surface area contributed by atoms with Crippen LogP contribution in [0.15, 0.2) is 18.2 Å². The third-order valence-electron chi connectivity index (χ3n) is 4.11. The van der Waals surface area contributed by atoms with Crippen molar-refractivity contribution >= 4 is 11.6 Å². The van der Waals surface area contributed by atoms with E-state index < -0.39 is 0 Å². The van der Waals surface area contributed by atoms with Crippen LogP contribution in [-0.2, 0) is 6.42 Å². The maximum atomic E-state index is 6.01. The first-order chi connectivity index (χ1) is 9.72. The predicted octanol–water partition coefficient (Wildman–Crippen LogP) is 4.45. The molecule has 1 heterocycles. The van der Waals surface area contributed by atoms with Gasteiger partial charge in [-0.1, -0.05) is 44.7 Å². The average molecular weight is 296 g/mol. The lowest BCUT2D eigenvalue weighted by Crippen LogP contribution is -2.33. The number of rotatable bonds is 8. The first-order valence-corrected chi connectivity index (χ1v) is 8.26. The summed E-state index contributed by atoms with van der Waals surface area (Å²) in [6, 6.07) is 5.90. The molecule has 0 saturated carbocycles. The lowest BCUT2D eigenvalue weighted by molar-refractivity contribution is 0.223. The molecule has 0 saturated heterocycles. The Balaban J connectivity index is 1.71. The zero-order chi connectivity index (χ0) is 14.4. The highest BCUT2D eigenvalue weighted by molar-refractivity contribution is 6.30. The summed E-state index contributed by atoms with van der Waals surface area (Å²) in [5.74, 6) is 1.80. The molecule has 1 aliphatic heterocycles. The molecule has 2 nitrogen and oxygen atoms in total. The Labute approximate surface area is 127 Å². The second-order valence-corrected chi connectivity index (χ2v) is 6.21. The molecular formula is C17H26ClNO. The fourth-order valence-electron chi connectivity index (χ4n) is 2.79. The molecule has 20 heavy (non-hydrogen) atoms. The summed E-state index contributed by atoms with van der Waals surface area (Å²) in [7, 11) is 0. The number of ether oxygens (including phenoxy) is 1. The van der Waals surface area contributed by atoms with E-state index in [4.69, 9.17) is 16.3 Å². The fraction of sp³-hybridized carbons (Fsp3) is 0.647. The number of hydrogen-bond acceptors (Lipinski definition) is 2. The number of halogens is 1. The SMILES string of the molecule is CCCCC(CC)CNCC1Cc2cc(Cl)ccc2O1. The topological polar surface area (TPSA) is 21.3 Å². The summed E-state index contributed by atoms with van der Waals surface area (Å²) in [6.07, 6.45) is 6.44. The van der Waals surface area contributed by atoms with Gasteiger partial charge in [-0.05, 0) is 42.6 Å². The van der Waals surface area contributed by atoms with Gasteiger partial charge in [0.1, 0.15) is 11.9 Å². The molecule has 112 valence electrons. The molecule has 1 aliphatic rings. The molecule has 2 atom stereocenters. The second-order valence-electron chi connectivity index (χ2n) is 5.77. The molecule has 0 aliphatic carbocycles. The Morgan fingerprint density at radius 1 is 1.40 bits per heavy atom. The maximum Gasteiger partial charge on any atom is 0.123 e. The minimum absolute atomic E-state index is 0.257. The van der Waals surface area contributed by atoms with Crippen LogP contribution in [-0.4, -0.2) is 19.2 Å². The second kappa shape index (κ2) is 7.90. The van der Waals surface area contributed by atoms with E-state index in [9.17, 15) is 0 Å². The van der Waals surface area contributed by atoms with E-state index in [1.165, 1.54) is 31.2 Å². The third kappa shape index (κ3) is 4.39. The average Bonchev–Trinajstić information content (AvgIpc) is 2.84. The number of fused-ring (bicyclic) bond motifs is 1. The van der Waals surface area contributed by atoms with Crippen molar-refractivity contribution in [2.75, 3.05) is 13.1 Å². The molecule has 2 rings (SSSR count). The van der Waals surface area contributed by atoms with Crippen molar-refractivity contribution < 1.29 is 4.74 Å². The molecular weight excluding hydrogens is 270 g/mol. The quantitative estimate of drug-likeness (QED) is 0.765. The van der Waals surface area contributed by atoms with Crippen molar-refractivity contribution in [2.24, 2.45) is 5.92 Å². The summed E-state index contributed by atoms with van der Waals surface area (Å²) in [5, 5.41) is 4.38. The summed E-state index contributed by atoms with van der Waals surface area (Å²) in [6.45, 7) is 6.57. The van der Waals surface area contributed by atoms with Crippen LogP contribution < -0.4 is 10.1 Å². The molecule has 3 heteroatoms. The van der Waals surface area contributed by atoms with Gasteiger partial charge >= 0.3 is 0 Å². The van der Waals surface area contributed by atoms with Crippen molar-refractivity contribution in [3.8, 4) is 5.75 Å². The zero-order valence-corrected chi connectivity index (χ0v) is 13.4. The van der Waals surface area contributed by atoms with E-state index in [0.29, 0.717) is 0 Å². The van der Waals surface area contributed by atoms with E-state index in [1.54, 1.807) is 0 Å². The van der Waals surface area contributed by atoms with E-state index >= 15 is 0 Å². The fourth-order valence-corrected chi connectivity index (χ4v) is 2.99. The monoisotopic (exact) mass is 295 g/mol. The largest absolute Gasteiger partial charge is 0.488 e. The highest BCUT2D eigenvalue weighted by Crippen LogP contribution is 2.30. The Bertz CT molecular complexity index is 421. The maximum absolute atomic E-state index is 6.01. The molecule has 0 fully saturated rings. The van der Waals surface area contributed by atoms with Gasteiger partial charge < -0.3 is 10.1 Å². The summed E-state index contributed by atoms with van der Waals surface area (Å²) in [4.78, 5) is 0. The van der Waals surface area contributed by atoms with Crippen molar-refractivity contribution in [2.45, 2.75) is 52.1 Å². The Morgan fingerprint density at radius 3 is 3.00 bits per heavy atom. The van der Waals surface area contributed by atoms with Gasteiger partial charge in [0.25, 0.3) is 0 Å². The minimum atomic E-state index is 0.257. The van der Waals surface area contributed by atoms with Gasteiger partial charge in [0.15, 0.2) is 0 Å². The number of nitrogens with one attached hydrogen (secondary N) is 1. The number of hydrogen-bond donors (Lipinski definition) is 1. The van der Waals surface area contributed by atoms with Gasteiger partial charge in [0.2, 0.25) is 0 Å². The van der Waals surface area contributed by atoms with Gasteiger partial charge in [0, 0.05) is 18.0 Å². The van der Waals surface area contributed by atoms with Crippen LogP contribution in [0.4, 0.5) is 0 Å². The highest BCUT2D eigenvalue weighted by Gasteiger charge is 2.22. The molecule has 0 aromatic heterocycles. The Morgan fingerprint density at radius 2 is 2.25 bits per heavy atom. The van der Waals surface area contributed by atoms with Crippen molar-refractivity contribution in [3.05, 3.63) is 28.8 Å². The summed E-state index contributed by atoms with van der Waals surface area (Å²) >= 11 is 6.01. The van der Waals surface area contributed by atoms with Gasteiger partial charge in [-0.25, -0.2) is 0 Å². The number of benzene rings is 1. The normalized spacial score (nSPS) is 18.6. The molecule has 0 amide bonds. The van der Waals surface area contributed by atoms with Crippen LogP contribution in [0.25, 0.3) is 0 Å². The molecule has 1 aromatic carbocycles. The van der Waals surface area contributed by atoms with Crippen LogP contribution >= 0.6 is 11.6 Å². The summed E-state index contributed by atoms with van der Waals surface area (Å²) < 4.78 is 5.94. The van der Waals surface area contributed by atoms with E-state index in [1.807, 2.05) is 18.2 Å². The van der Waals surface area contributed by atoms with E-state index in [0.717, 1.165) is 36.2 Å². The number of unbranched alkanes of at least 4 members (excludes halogenated alkanes) is 1. The minimum Gasteiger partial charge on any atom is -0.488 e. The van der Waals surface area contributed by atoms with Crippen LogP contribution in [0.1, 0.15) is 45.1 Å². The molecule has 0 spiro atoms. The molecule has 1 N–H and O–H groups in total. The van der Waals surface area contributed by atoms with Crippen LogP contribution in [0.5, 0.6) is 5.75 Å². The molecule has 2 unspecified atom stereocenters. The first-order valence-electron chi connectivity index (χ1n) is 7.88. The lowest BCUT2D eigenvalue weighted by atomic mass is 9.99. The highest BCUT2D eigenvalue weighted by atomic mass is 35.5. The first kappa shape index (κ1) is 15.7. The zero-order valence-electron chi connectivity index (χ0n) is 12.6. The van der Waals surface area contributed by atoms with Crippen molar-refractivity contribution in [1.29, 1.82) is 0 Å². The van der Waals surface area contributed by atoms with E-state index in [-0.39, 0.29) is 6.10 Å². The van der Waals surface area contributed by atoms with Gasteiger partial charge in [0.05, 0.1) is 0 Å². The smallest absolute Gasteiger partial charge is 0.123 e. The van der Waals surface area contributed by atoms with Gasteiger partial charge in [-0.15, -0.1) is 0 Å². The van der Waals surface area contributed by atoms with Crippen molar-refractivity contribution in [1.82, 2.24) is 5.32 Å². The van der Waals surface area contributed by atoms with Crippen molar-refractivity contribution in [3.63, 3.8) is 0 Å². The van der Waals surface area contributed by atoms with Gasteiger partial charge in [-0.3, -0.25) is 0 Å². The van der Waals surface area contributed by atoms with Crippen LogP contribution in [0.2, 0.25) is 5.02 Å². The van der Waals surface area contributed by atoms with E-state index in [2.05, 4.69) is 19.2 Å². The van der Waals surface area contributed by atoms with Crippen LogP contribution in [0, 0.1) is 5.92 Å². The predicted molar refractivity (Wildman–Crippen MR) is 85.7 cm³/mol. The standard InChI is InChI=1S/C17H26ClNO/c1-3-5-6-13(4-2)11-19-12-16-10-14-9-15(18)7-8-17(14)20-16/h7-9,13,16,19H,3-6,10-12H2,1-2H3. The molecule has 0 bridgehead atoms. The molecule has 1 aromatic rings. The summed E-state index contributed by atoms with van der Waals surface area (Å²) in [5.41, 5.74) is 1.24. The Hall–Kier alpha value is -0.730. The van der Waals surface area contributed by atoms with Gasteiger partial charge in [-0.2, -0.15) is 0 Å². The lowest BCUT2D eigenvalue weighted by Gasteiger charge is -2.17.